The molecule has 3 aromatic rings. The van der Waals surface area contributed by atoms with Crippen molar-refractivity contribution in [3.8, 4) is 0 Å². The summed E-state index contributed by atoms with van der Waals surface area (Å²) in [5.41, 5.74) is 0.610. The summed E-state index contributed by atoms with van der Waals surface area (Å²) in [5.74, 6) is -2.20. The Morgan fingerprint density at radius 1 is 1.03 bits per heavy atom. The van der Waals surface area contributed by atoms with Crippen LogP contribution in [-0.4, -0.2) is 27.9 Å². The number of anilines is 2. The smallest absolute Gasteiger partial charge is 0.418 e. The van der Waals surface area contributed by atoms with Gasteiger partial charge in [0.05, 0.1) is 24.1 Å². The average Bonchev–Trinajstić information content (AvgIpc) is 3.27. The maximum Gasteiger partial charge on any atom is 0.418 e. The van der Waals surface area contributed by atoms with Crippen molar-refractivity contribution in [2.75, 3.05) is 10.6 Å². The minimum absolute atomic E-state index is 0.0334. The molecule has 0 saturated heterocycles. The number of aromatic nitrogens is 1. The van der Waals surface area contributed by atoms with Crippen LogP contribution in [0, 0.1) is 0 Å². The first-order valence-electron chi connectivity index (χ1n) is 10.2. The largest absolute Gasteiger partial charge is 0.481 e. The number of esters is 1. The van der Waals surface area contributed by atoms with Gasteiger partial charge < -0.3 is 15.2 Å². The summed E-state index contributed by atoms with van der Waals surface area (Å²) >= 11 is 1.12. The molecule has 0 fully saturated rings. The van der Waals surface area contributed by atoms with Gasteiger partial charge >= 0.3 is 18.1 Å². The Labute approximate surface area is 201 Å². The van der Waals surface area contributed by atoms with Crippen molar-refractivity contribution < 1.29 is 37.4 Å². The summed E-state index contributed by atoms with van der Waals surface area (Å²) < 4.78 is 44.2. The van der Waals surface area contributed by atoms with E-state index in [9.17, 15) is 27.6 Å². The van der Waals surface area contributed by atoms with Gasteiger partial charge in [-0.05, 0) is 29.8 Å². The number of nitrogens with zero attached hydrogens (tertiary/aromatic N) is 1. The third-order valence-corrected chi connectivity index (χ3v) is 5.43. The van der Waals surface area contributed by atoms with E-state index >= 15 is 0 Å². The molecule has 8 nitrogen and oxygen atoms in total. The van der Waals surface area contributed by atoms with Crippen LogP contribution in [0.5, 0.6) is 0 Å². The number of hydrogen-bond donors (Lipinski definition) is 3. The van der Waals surface area contributed by atoms with E-state index in [0.717, 1.165) is 17.4 Å². The fourth-order valence-electron chi connectivity index (χ4n) is 2.89. The topological polar surface area (TPSA) is 118 Å². The predicted molar refractivity (Wildman–Crippen MR) is 122 cm³/mol. The maximum absolute atomic E-state index is 13.1. The summed E-state index contributed by atoms with van der Waals surface area (Å²) in [6.07, 6.45) is -5.04. The average molecular weight is 507 g/mol. The van der Waals surface area contributed by atoms with Crippen LogP contribution in [0.1, 0.15) is 40.0 Å². The molecule has 0 spiro atoms. The highest BCUT2D eigenvalue weighted by molar-refractivity contribution is 7.14. The molecule has 1 heterocycles. The number of hydrogen-bond acceptors (Lipinski definition) is 7. The van der Waals surface area contributed by atoms with Crippen molar-refractivity contribution in [1.29, 1.82) is 0 Å². The van der Waals surface area contributed by atoms with Crippen LogP contribution in [0.25, 0.3) is 0 Å². The summed E-state index contributed by atoms with van der Waals surface area (Å²) in [4.78, 5) is 38.5. The van der Waals surface area contributed by atoms with Gasteiger partial charge in [-0.25, -0.2) is 4.98 Å². The quantitative estimate of drug-likeness (QED) is 0.333. The normalized spacial score (nSPS) is 11.1. The Balaban J connectivity index is 1.51. The van der Waals surface area contributed by atoms with Crippen molar-refractivity contribution >= 4 is 40.0 Å². The van der Waals surface area contributed by atoms with E-state index in [4.69, 9.17) is 9.84 Å². The first kappa shape index (κ1) is 25.7. The molecule has 0 unspecified atom stereocenters. The molecular formula is C23H20F3N3O5S. The highest BCUT2D eigenvalue weighted by Crippen LogP contribution is 2.34. The predicted octanol–water partition coefficient (Wildman–Crippen LogP) is 4.93. The number of alkyl halides is 3. The molecule has 0 saturated carbocycles. The zero-order valence-electron chi connectivity index (χ0n) is 18.1. The van der Waals surface area contributed by atoms with Crippen LogP contribution in [0.2, 0.25) is 0 Å². The molecule has 3 N–H and O–H groups in total. The molecule has 0 atom stereocenters. The molecule has 1 aromatic heterocycles. The molecule has 0 aliphatic heterocycles. The number of halogens is 3. The number of carboxylic acids is 1. The highest BCUT2D eigenvalue weighted by Gasteiger charge is 2.33. The van der Waals surface area contributed by atoms with Crippen LogP contribution in [-0.2, 0) is 33.7 Å². The Bertz CT molecular complexity index is 1200. The van der Waals surface area contributed by atoms with E-state index in [1.54, 1.807) is 29.6 Å². The van der Waals surface area contributed by atoms with Gasteiger partial charge in [-0.1, -0.05) is 24.3 Å². The lowest BCUT2D eigenvalue weighted by Crippen LogP contribution is -2.12. The van der Waals surface area contributed by atoms with Gasteiger partial charge in [-0.15, -0.1) is 11.3 Å². The Hall–Kier alpha value is -3.93. The first-order chi connectivity index (χ1) is 16.6. The lowest BCUT2D eigenvalue weighted by atomic mass is 10.1. The Morgan fingerprint density at radius 2 is 1.74 bits per heavy atom. The zero-order valence-corrected chi connectivity index (χ0v) is 18.9. The van der Waals surface area contributed by atoms with E-state index in [1.807, 2.05) is 0 Å². The number of ether oxygens (including phenoxy) is 1. The maximum atomic E-state index is 13.1. The molecule has 2 aromatic carbocycles. The lowest BCUT2D eigenvalue weighted by Gasteiger charge is -2.14. The van der Waals surface area contributed by atoms with E-state index < -0.39 is 29.6 Å². The van der Waals surface area contributed by atoms with Gasteiger partial charge in [-0.3, -0.25) is 19.7 Å². The zero-order chi connectivity index (χ0) is 25.4. The van der Waals surface area contributed by atoms with E-state index in [-0.39, 0.29) is 36.8 Å². The summed E-state index contributed by atoms with van der Waals surface area (Å²) in [6.45, 7) is -0.0139. The number of carboxylic acid groups (broad SMARTS) is 1. The second kappa shape index (κ2) is 11.5. The SMILES string of the molecule is O=C(O)CCC(=O)OCc1csc(NC(=O)c2ccc(CNc3ccccc3C(F)(F)F)cc2)n1. The third kappa shape index (κ3) is 7.81. The van der Waals surface area contributed by atoms with Crippen molar-refractivity contribution in [3.05, 3.63) is 76.3 Å². The second-order valence-corrected chi connectivity index (χ2v) is 8.10. The number of rotatable bonds is 10. The number of para-hydroxylation sites is 1. The molecule has 1 amide bonds. The van der Waals surface area contributed by atoms with Gasteiger partial charge in [0, 0.05) is 23.2 Å². The molecule has 3 rings (SSSR count). The first-order valence-corrected chi connectivity index (χ1v) is 11.1. The number of nitrogens with one attached hydrogen (secondary N) is 2. The molecule has 184 valence electrons. The number of amides is 1. The van der Waals surface area contributed by atoms with Crippen LogP contribution in [0.4, 0.5) is 24.0 Å². The van der Waals surface area contributed by atoms with E-state index in [0.29, 0.717) is 16.8 Å². The van der Waals surface area contributed by atoms with Gasteiger partial charge in [0.1, 0.15) is 6.61 Å². The van der Waals surface area contributed by atoms with Gasteiger partial charge in [0.2, 0.25) is 0 Å². The second-order valence-electron chi connectivity index (χ2n) is 7.25. The number of benzene rings is 2. The summed E-state index contributed by atoms with van der Waals surface area (Å²) in [5, 5.41) is 15.8. The Kier molecular flexibility index (Phi) is 8.42. The molecule has 0 bridgehead atoms. The van der Waals surface area contributed by atoms with Gasteiger partial charge in [0.15, 0.2) is 5.13 Å². The number of thiazole rings is 1. The molecule has 35 heavy (non-hydrogen) atoms. The molecule has 12 heteroatoms. The standard InChI is InChI=1S/C23H20F3N3O5S/c24-23(25,26)17-3-1-2-4-18(17)27-11-14-5-7-15(8-6-14)21(33)29-22-28-16(13-35-22)12-34-20(32)10-9-19(30)31/h1-8,13,27H,9-12H2,(H,30,31)(H,28,29,33). The van der Waals surface area contributed by atoms with Crippen LogP contribution in [0.15, 0.2) is 53.9 Å². The fraction of sp³-hybridized carbons (Fsp3) is 0.217. The summed E-state index contributed by atoms with van der Waals surface area (Å²) in [7, 11) is 0. The number of carbonyl (C=O) groups is 3. The van der Waals surface area contributed by atoms with E-state index in [1.165, 1.54) is 18.2 Å². The highest BCUT2D eigenvalue weighted by atomic mass is 32.1. The van der Waals surface area contributed by atoms with Crippen molar-refractivity contribution in [3.63, 3.8) is 0 Å². The molecular weight excluding hydrogens is 487 g/mol. The minimum Gasteiger partial charge on any atom is -0.481 e. The van der Waals surface area contributed by atoms with Crippen LogP contribution in [0.3, 0.4) is 0 Å². The van der Waals surface area contributed by atoms with Crippen molar-refractivity contribution in [1.82, 2.24) is 4.98 Å². The van der Waals surface area contributed by atoms with Crippen molar-refractivity contribution in [2.45, 2.75) is 32.2 Å². The van der Waals surface area contributed by atoms with E-state index in [2.05, 4.69) is 15.6 Å². The summed E-state index contributed by atoms with van der Waals surface area (Å²) in [6, 6.07) is 11.5. The molecule has 0 radical (unpaired) electrons. The Morgan fingerprint density at radius 3 is 2.43 bits per heavy atom. The fourth-order valence-corrected chi connectivity index (χ4v) is 3.58. The minimum atomic E-state index is -4.47. The van der Waals surface area contributed by atoms with Crippen LogP contribution < -0.4 is 10.6 Å². The van der Waals surface area contributed by atoms with Crippen molar-refractivity contribution in [2.24, 2.45) is 0 Å². The lowest BCUT2D eigenvalue weighted by molar-refractivity contribution is -0.148. The molecule has 0 aliphatic carbocycles. The third-order valence-electron chi connectivity index (χ3n) is 4.63. The number of aliphatic carboxylic acids is 1. The number of carbonyl (C=O) groups excluding carboxylic acids is 2. The van der Waals surface area contributed by atoms with Gasteiger partial charge in [0.25, 0.3) is 5.91 Å². The van der Waals surface area contributed by atoms with Gasteiger partial charge in [-0.2, -0.15) is 13.2 Å². The monoisotopic (exact) mass is 507 g/mol. The van der Waals surface area contributed by atoms with Crippen LogP contribution >= 0.6 is 11.3 Å². The molecule has 0 aliphatic rings.